The highest BCUT2D eigenvalue weighted by atomic mass is 32.2. The highest BCUT2D eigenvalue weighted by Gasteiger charge is 2.39. The predicted molar refractivity (Wildman–Crippen MR) is 116 cm³/mol. The van der Waals surface area contributed by atoms with E-state index in [1.54, 1.807) is 0 Å². The van der Waals surface area contributed by atoms with Crippen molar-refractivity contribution in [3.05, 3.63) is 35.4 Å². The Morgan fingerprint density at radius 2 is 1.76 bits per heavy atom. The largest absolute Gasteiger partial charge is 0.468 e. The second-order valence-corrected chi connectivity index (χ2v) is 10.00. The molecule has 1 aliphatic heterocycles. The summed E-state index contributed by atoms with van der Waals surface area (Å²) in [6.45, 7) is 6.03. The summed E-state index contributed by atoms with van der Waals surface area (Å²) < 4.78 is 32.3. The third kappa shape index (κ3) is 7.39. The van der Waals surface area contributed by atoms with Crippen molar-refractivity contribution >= 4 is 16.0 Å². The van der Waals surface area contributed by atoms with Gasteiger partial charge in [0.2, 0.25) is 10.0 Å². The summed E-state index contributed by atoms with van der Waals surface area (Å²) in [5.41, 5.74) is 1.99. The molecule has 1 fully saturated rings. The number of unbranched alkanes of at least 4 members (excludes halogenated alkanes) is 5. The highest BCUT2D eigenvalue weighted by Crippen LogP contribution is 2.20. The van der Waals surface area contributed by atoms with E-state index in [1.807, 2.05) is 31.2 Å². The zero-order valence-corrected chi connectivity index (χ0v) is 18.9. The Bertz CT molecular complexity index is 734. The number of hydrogen-bond donors (Lipinski definition) is 0. The minimum atomic E-state index is -3.56. The average Bonchev–Trinajstić information content (AvgIpc) is 2.82. The molecule has 0 saturated carbocycles. The summed E-state index contributed by atoms with van der Waals surface area (Å²) in [7, 11) is -2.24. The van der Waals surface area contributed by atoms with Gasteiger partial charge in [0.1, 0.15) is 6.04 Å². The van der Waals surface area contributed by atoms with Crippen molar-refractivity contribution in [2.75, 3.05) is 32.5 Å². The second-order valence-electron chi connectivity index (χ2n) is 7.95. The average molecular weight is 425 g/mol. The van der Waals surface area contributed by atoms with E-state index in [0.717, 1.165) is 30.5 Å². The fourth-order valence-corrected chi connectivity index (χ4v) is 5.32. The fraction of sp³-hybridized carbons (Fsp3) is 0.682. The number of benzene rings is 1. The van der Waals surface area contributed by atoms with Crippen LogP contribution in [0, 0.1) is 6.92 Å². The molecular weight excluding hydrogens is 388 g/mol. The van der Waals surface area contributed by atoms with Gasteiger partial charge >= 0.3 is 5.97 Å². The smallest absolute Gasteiger partial charge is 0.325 e. The van der Waals surface area contributed by atoms with Crippen LogP contribution in [0.25, 0.3) is 0 Å². The summed E-state index contributed by atoms with van der Waals surface area (Å²) >= 11 is 0. The SMILES string of the molecule is CCCCCCCCN1CCS(=O)(=O)N(Cc2ccc(C)cc2)C(C(=O)OC)C1. The number of methoxy groups -OCH3 is 1. The Balaban J connectivity index is 2.08. The number of hydrogen-bond acceptors (Lipinski definition) is 5. The van der Waals surface area contributed by atoms with E-state index in [0.29, 0.717) is 13.1 Å². The molecule has 7 heteroatoms. The molecule has 1 aliphatic rings. The van der Waals surface area contributed by atoms with E-state index < -0.39 is 22.0 Å². The molecule has 0 radical (unpaired) electrons. The van der Waals surface area contributed by atoms with Crippen LogP contribution >= 0.6 is 0 Å². The Kier molecular flexibility index (Phi) is 9.59. The Labute approximate surface area is 176 Å². The summed E-state index contributed by atoms with van der Waals surface area (Å²) in [6.07, 6.45) is 7.11. The van der Waals surface area contributed by atoms with Crippen LogP contribution in [0.5, 0.6) is 0 Å². The van der Waals surface area contributed by atoms with Gasteiger partial charge in [0.05, 0.1) is 12.9 Å². The van der Waals surface area contributed by atoms with Crippen LogP contribution in [-0.4, -0.2) is 62.1 Å². The molecular formula is C22H36N2O4S. The predicted octanol–water partition coefficient (Wildman–Crippen LogP) is 3.34. The molecule has 1 unspecified atom stereocenters. The molecule has 0 aromatic heterocycles. The number of carbonyl (C=O) groups excluding carboxylic acids is 1. The minimum Gasteiger partial charge on any atom is -0.468 e. The maximum Gasteiger partial charge on any atom is 0.325 e. The van der Waals surface area contributed by atoms with Crippen LogP contribution in [-0.2, 0) is 26.1 Å². The minimum absolute atomic E-state index is 0.0300. The molecule has 0 spiro atoms. The zero-order valence-electron chi connectivity index (χ0n) is 18.1. The normalized spacial score (nSPS) is 20.3. The lowest BCUT2D eigenvalue weighted by Gasteiger charge is -2.28. The van der Waals surface area contributed by atoms with Crippen molar-refractivity contribution in [1.82, 2.24) is 9.21 Å². The maximum atomic E-state index is 13.0. The van der Waals surface area contributed by atoms with Gasteiger partial charge in [0, 0.05) is 19.6 Å². The first-order valence-corrected chi connectivity index (χ1v) is 12.3. The Morgan fingerprint density at radius 3 is 2.41 bits per heavy atom. The standard InChI is InChI=1S/C22H36N2O4S/c1-4-5-6-7-8-9-14-23-15-16-29(26,27)24(21(18-23)22(25)28-3)17-20-12-10-19(2)11-13-20/h10-13,21H,4-9,14-18H2,1-3H3. The molecule has 0 amide bonds. The van der Waals surface area contributed by atoms with Crippen molar-refractivity contribution in [2.24, 2.45) is 0 Å². The zero-order chi connectivity index (χ0) is 21.3. The molecule has 1 aromatic rings. The third-order valence-electron chi connectivity index (χ3n) is 5.56. The quantitative estimate of drug-likeness (QED) is 0.426. The molecule has 1 heterocycles. The lowest BCUT2D eigenvalue weighted by atomic mass is 10.1. The third-order valence-corrected chi connectivity index (χ3v) is 7.36. The number of aryl methyl sites for hydroxylation is 1. The summed E-state index contributed by atoms with van der Waals surface area (Å²) in [5.74, 6) is -0.460. The van der Waals surface area contributed by atoms with Crippen molar-refractivity contribution in [1.29, 1.82) is 0 Å². The lowest BCUT2D eigenvalue weighted by Crippen LogP contribution is -2.48. The van der Waals surface area contributed by atoms with Gasteiger partial charge in [-0.05, 0) is 25.5 Å². The van der Waals surface area contributed by atoms with Gasteiger partial charge in [-0.15, -0.1) is 0 Å². The number of rotatable bonds is 10. The van der Waals surface area contributed by atoms with Gasteiger partial charge < -0.3 is 9.64 Å². The van der Waals surface area contributed by atoms with Gasteiger partial charge in [0.15, 0.2) is 0 Å². The molecule has 164 valence electrons. The van der Waals surface area contributed by atoms with Crippen molar-refractivity contribution in [3.8, 4) is 0 Å². The molecule has 0 aliphatic carbocycles. The lowest BCUT2D eigenvalue weighted by molar-refractivity contribution is -0.145. The molecule has 1 aromatic carbocycles. The molecule has 29 heavy (non-hydrogen) atoms. The molecule has 1 atom stereocenters. The number of carbonyl (C=O) groups is 1. The van der Waals surface area contributed by atoms with Crippen LogP contribution in [0.15, 0.2) is 24.3 Å². The monoisotopic (exact) mass is 424 g/mol. The topological polar surface area (TPSA) is 66.9 Å². The summed E-state index contributed by atoms with van der Waals surface area (Å²) in [6, 6.07) is 6.93. The van der Waals surface area contributed by atoms with Gasteiger partial charge in [-0.2, -0.15) is 4.31 Å². The Morgan fingerprint density at radius 1 is 1.10 bits per heavy atom. The highest BCUT2D eigenvalue weighted by molar-refractivity contribution is 7.89. The van der Waals surface area contributed by atoms with E-state index in [2.05, 4.69) is 11.8 Å². The maximum absolute atomic E-state index is 13.0. The fourth-order valence-electron chi connectivity index (χ4n) is 3.71. The van der Waals surface area contributed by atoms with Crippen molar-refractivity contribution < 1.29 is 17.9 Å². The molecule has 0 N–H and O–H groups in total. The van der Waals surface area contributed by atoms with Gasteiger partial charge in [0.25, 0.3) is 0 Å². The number of esters is 1. The molecule has 2 rings (SSSR count). The van der Waals surface area contributed by atoms with E-state index in [9.17, 15) is 13.2 Å². The molecule has 1 saturated heterocycles. The van der Waals surface area contributed by atoms with Crippen molar-refractivity contribution in [3.63, 3.8) is 0 Å². The summed E-state index contributed by atoms with van der Waals surface area (Å²) in [4.78, 5) is 14.6. The van der Waals surface area contributed by atoms with Crippen LogP contribution in [0.3, 0.4) is 0 Å². The van der Waals surface area contributed by atoms with E-state index in [4.69, 9.17) is 4.74 Å². The molecule has 6 nitrogen and oxygen atoms in total. The van der Waals surface area contributed by atoms with Gasteiger partial charge in [-0.25, -0.2) is 8.42 Å². The van der Waals surface area contributed by atoms with Crippen LogP contribution in [0.1, 0.15) is 56.6 Å². The van der Waals surface area contributed by atoms with Gasteiger partial charge in [-0.3, -0.25) is 4.79 Å². The first-order chi connectivity index (χ1) is 13.9. The van der Waals surface area contributed by atoms with Crippen LogP contribution in [0.2, 0.25) is 0 Å². The van der Waals surface area contributed by atoms with E-state index >= 15 is 0 Å². The second kappa shape index (κ2) is 11.7. The van der Waals surface area contributed by atoms with E-state index in [-0.39, 0.29) is 12.3 Å². The Hall–Kier alpha value is -1.44. The molecule has 0 bridgehead atoms. The number of sulfonamides is 1. The van der Waals surface area contributed by atoms with Crippen LogP contribution < -0.4 is 0 Å². The number of ether oxygens (including phenoxy) is 1. The van der Waals surface area contributed by atoms with Crippen molar-refractivity contribution in [2.45, 2.75) is 65.0 Å². The first kappa shape index (κ1) is 23.8. The number of nitrogens with zero attached hydrogens (tertiary/aromatic N) is 2. The van der Waals surface area contributed by atoms with Crippen LogP contribution in [0.4, 0.5) is 0 Å². The van der Waals surface area contributed by atoms with E-state index in [1.165, 1.54) is 37.1 Å². The summed E-state index contributed by atoms with van der Waals surface area (Å²) in [5, 5.41) is 0. The first-order valence-electron chi connectivity index (χ1n) is 10.7. The van der Waals surface area contributed by atoms with Gasteiger partial charge in [-0.1, -0.05) is 68.9 Å².